The van der Waals surface area contributed by atoms with E-state index >= 15 is 0 Å². The Bertz CT molecular complexity index is 79.4. The van der Waals surface area contributed by atoms with Crippen LogP contribution in [0.15, 0.2) is 0 Å². The number of hydrogen-bond acceptors (Lipinski definition) is 3. The third-order valence-corrected chi connectivity index (χ3v) is 2.26. The van der Waals surface area contributed by atoms with Gasteiger partial charge in [0, 0.05) is 13.1 Å². The molecule has 0 atom stereocenters. The second kappa shape index (κ2) is 9.96. The molecular formula is C10H24N2O. The summed E-state index contributed by atoms with van der Waals surface area (Å²) in [6.45, 7) is 1.58. The van der Waals surface area contributed by atoms with Crippen molar-refractivity contribution in [2.24, 2.45) is 5.73 Å². The van der Waals surface area contributed by atoms with Crippen molar-refractivity contribution in [3.05, 3.63) is 0 Å². The highest BCUT2D eigenvalue weighted by atomic mass is 16.3. The third kappa shape index (κ3) is 8.22. The lowest BCUT2D eigenvalue weighted by Gasteiger charge is -2.20. The van der Waals surface area contributed by atoms with Crippen LogP contribution in [0.25, 0.3) is 0 Å². The van der Waals surface area contributed by atoms with Gasteiger partial charge in [-0.2, -0.15) is 0 Å². The predicted octanol–water partition coefficient (Wildman–Crippen LogP) is 0.866. The molecule has 0 aromatic heterocycles. The first-order chi connectivity index (χ1) is 6.39. The van der Waals surface area contributed by atoms with E-state index in [-0.39, 0.29) is 6.10 Å². The standard InChI is InChI=1S/C6H12.C3H7NO.CH5N/c1-2-4-6-5-3-1;5-3-1-4-2-3;1-2/h1-6H2;3-5H,1-2H2;2H2,1H3. The molecule has 0 radical (unpaired) electrons. The molecule has 1 aliphatic carbocycles. The maximum absolute atomic E-state index is 8.39. The summed E-state index contributed by atoms with van der Waals surface area (Å²) in [5.41, 5.74) is 4.50. The second-order valence-electron chi connectivity index (χ2n) is 3.43. The lowest BCUT2D eigenvalue weighted by atomic mass is 10.0. The van der Waals surface area contributed by atoms with Crippen LogP contribution in [0.3, 0.4) is 0 Å². The zero-order valence-corrected chi connectivity index (χ0v) is 8.76. The first-order valence-electron chi connectivity index (χ1n) is 5.36. The maximum Gasteiger partial charge on any atom is 0.0788 e. The van der Waals surface area contributed by atoms with Crippen molar-refractivity contribution >= 4 is 0 Å². The van der Waals surface area contributed by atoms with Gasteiger partial charge in [-0.15, -0.1) is 0 Å². The van der Waals surface area contributed by atoms with Crippen LogP contribution in [0.4, 0.5) is 0 Å². The summed E-state index contributed by atoms with van der Waals surface area (Å²) in [5.74, 6) is 0. The highest BCUT2D eigenvalue weighted by Crippen LogP contribution is 2.15. The van der Waals surface area contributed by atoms with Crippen LogP contribution < -0.4 is 11.1 Å². The van der Waals surface area contributed by atoms with Crippen molar-refractivity contribution in [3.63, 3.8) is 0 Å². The van der Waals surface area contributed by atoms with E-state index < -0.39 is 0 Å². The van der Waals surface area contributed by atoms with Gasteiger partial charge < -0.3 is 16.2 Å². The Morgan fingerprint density at radius 1 is 0.923 bits per heavy atom. The van der Waals surface area contributed by atoms with Crippen molar-refractivity contribution in [2.45, 2.75) is 44.6 Å². The molecule has 0 amide bonds. The molecule has 80 valence electrons. The van der Waals surface area contributed by atoms with Crippen molar-refractivity contribution in [1.29, 1.82) is 0 Å². The van der Waals surface area contributed by atoms with E-state index in [9.17, 15) is 0 Å². The quantitative estimate of drug-likeness (QED) is 0.528. The van der Waals surface area contributed by atoms with Gasteiger partial charge in [0.2, 0.25) is 0 Å². The van der Waals surface area contributed by atoms with E-state index in [2.05, 4.69) is 11.1 Å². The van der Waals surface area contributed by atoms with Crippen LogP contribution in [-0.4, -0.2) is 31.3 Å². The van der Waals surface area contributed by atoms with E-state index in [0.717, 1.165) is 13.1 Å². The van der Waals surface area contributed by atoms with Crippen molar-refractivity contribution < 1.29 is 5.11 Å². The summed E-state index contributed by atoms with van der Waals surface area (Å²) in [4.78, 5) is 0. The normalized spacial score (nSPS) is 21.5. The van der Waals surface area contributed by atoms with Gasteiger partial charge in [-0.1, -0.05) is 38.5 Å². The number of hydrogen-bond donors (Lipinski definition) is 3. The first kappa shape index (κ1) is 12.9. The molecule has 1 saturated carbocycles. The summed E-state index contributed by atoms with van der Waals surface area (Å²) in [6, 6.07) is 0. The highest BCUT2D eigenvalue weighted by Gasteiger charge is 2.10. The fourth-order valence-corrected chi connectivity index (χ4v) is 1.33. The zero-order chi connectivity index (χ0) is 9.94. The van der Waals surface area contributed by atoms with E-state index in [1.807, 2.05) is 0 Å². The topological polar surface area (TPSA) is 58.3 Å². The number of aliphatic hydroxyl groups is 1. The van der Waals surface area contributed by atoms with Crippen LogP contribution in [0, 0.1) is 0 Å². The number of β-amino-alcohol motifs (C(OH)–C–C–N with tert-alkyl or cyclic N) is 1. The van der Waals surface area contributed by atoms with Gasteiger partial charge in [-0.3, -0.25) is 0 Å². The Morgan fingerprint density at radius 2 is 1.15 bits per heavy atom. The van der Waals surface area contributed by atoms with Crippen molar-refractivity contribution in [3.8, 4) is 0 Å². The molecule has 3 nitrogen and oxygen atoms in total. The lowest BCUT2D eigenvalue weighted by molar-refractivity contribution is 0.117. The number of aliphatic hydroxyl groups excluding tert-OH is 1. The Hall–Kier alpha value is -0.120. The van der Waals surface area contributed by atoms with Gasteiger partial charge in [0.25, 0.3) is 0 Å². The van der Waals surface area contributed by atoms with Gasteiger partial charge in [0.05, 0.1) is 6.10 Å². The summed E-state index contributed by atoms with van der Waals surface area (Å²) in [5, 5.41) is 11.3. The molecule has 3 heteroatoms. The Balaban J connectivity index is 0.000000189. The fourth-order valence-electron chi connectivity index (χ4n) is 1.33. The second-order valence-corrected chi connectivity index (χ2v) is 3.43. The Labute approximate surface area is 81.7 Å². The summed E-state index contributed by atoms with van der Waals surface area (Å²) in [7, 11) is 1.50. The Kier molecular flexibility index (Phi) is 9.87. The fraction of sp³-hybridized carbons (Fsp3) is 1.00. The molecule has 2 rings (SSSR count). The van der Waals surface area contributed by atoms with Gasteiger partial charge in [-0.05, 0) is 7.05 Å². The van der Waals surface area contributed by atoms with Crippen LogP contribution >= 0.6 is 0 Å². The average molecular weight is 188 g/mol. The monoisotopic (exact) mass is 188 g/mol. The van der Waals surface area contributed by atoms with E-state index in [4.69, 9.17) is 5.11 Å². The molecule has 1 aliphatic heterocycles. The third-order valence-electron chi connectivity index (χ3n) is 2.26. The SMILES string of the molecule is C1CCCCC1.CN.OC1CNC1. The van der Waals surface area contributed by atoms with E-state index in [1.165, 1.54) is 45.6 Å². The van der Waals surface area contributed by atoms with Gasteiger partial charge in [0.1, 0.15) is 0 Å². The summed E-state index contributed by atoms with van der Waals surface area (Å²) < 4.78 is 0. The minimum absolute atomic E-state index is 0.0463. The average Bonchev–Trinajstić information content (AvgIpc) is 2.21. The van der Waals surface area contributed by atoms with Gasteiger partial charge in [0.15, 0.2) is 0 Å². The predicted molar refractivity (Wildman–Crippen MR) is 56.7 cm³/mol. The number of nitrogens with two attached hydrogens (primary N) is 1. The molecule has 1 saturated heterocycles. The van der Waals surface area contributed by atoms with E-state index in [1.54, 1.807) is 0 Å². The molecule has 4 N–H and O–H groups in total. The van der Waals surface area contributed by atoms with Crippen molar-refractivity contribution in [2.75, 3.05) is 20.1 Å². The minimum Gasteiger partial charge on any atom is -0.390 e. The van der Waals surface area contributed by atoms with Crippen LogP contribution in [0.1, 0.15) is 38.5 Å². The number of nitrogens with one attached hydrogen (secondary N) is 1. The molecule has 0 aromatic rings. The molecule has 0 aromatic carbocycles. The lowest BCUT2D eigenvalue weighted by Crippen LogP contribution is -2.46. The van der Waals surface area contributed by atoms with Crippen LogP contribution in [0.5, 0.6) is 0 Å². The molecule has 0 bridgehead atoms. The van der Waals surface area contributed by atoms with Crippen molar-refractivity contribution in [1.82, 2.24) is 5.32 Å². The van der Waals surface area contributed by atoms with E-state index in [0.29, 0.717) is 0 Å². The zero-order valence-electron chi connectivity index (χ0n) is 8.76. The smallest absolute Gasteiger partial charge is 0.0788 e. The maximum atomic E-state index is 8.39. The molecular weight excluding hydrogens is 164 g/mol. The first-order valence-corrected chi connectivity index (χ1v) is 5.36. The number of rotatable bonds is 0. The summed E-state index contributed by atoms with van der Waals surface area (Å²) in [6.07, 6.45) is 8.95. The molecule has 0 spiro atoms. The van der Waals surface area contributed by atoms with Gasteiger partial charge in [-0.25, -0.2) is 0 Å². The highest BCUT2D eigenvalue weighted by molar-refractivity contribution is 4.71. The minimum atomic E-state index is -0.0463. The van der Waals surface area contributed by atoms with Crippen LogP contribution in [-0.2, 0) is 0 Å². The molecule has 1 heterocycles. The molecule has 2 fully saturated rings. The van der Waals surface area contributed by atoms with Gasteiger partial charge >= 0.3 is 0 Å². The molecule has 13 heavy (non-hydrogen) atoms. The molecule has 0 unspecified atom stereocenters. The van der Waals surface area contributed by atoms with Crippen LogP contribution in [0.2, 0.25) is 0 Å². The largest absolute Gasteiger partial charge is 0.390 e. The summed E-state index contributed by atoms with van der Waals surface area (Å²) >= 11 is 0. The Morgan fingerprint density at radius 3 is 1.23 bits per heavy atom. The molecule has 2 aliphatic rings.